The predicted molar refractivity (Wildman–Crippen MR) is 175 cm³/mol. The van der Waals surface area contributed by atoms with Crippen LogP contribution in [-0.2, 0) is 17.8 Å². The molecule has 3 aromatic carbocycles. The number of allylic oxidation sites excluding steroid dienone is 1. The van der Waals surface area contributed by atoms with Gasteiger partial charge >= 0.3 is 0 Å². The number of carbonyl (C=O) groups is 2. The summed E-state index contributed by atoms with van der Waals surface area (Å²) in [5, 5.41) is 8.53. The molecule has 7 nitrogen and oxygen atoms in total. The van der Waals surface area contributed by atoms with E-state index < -0.39 is 17.9 Å². The van der Waals surface area contributed by atoms with Crippen molar-refractivity contribution in [2.45, 2.75) is 46.3 Å². The van der Waals surface area contributed by atoms with Crippen LogP contribution in [0.25, 0.3) is 0 Å². The number of carbonyl (C=O) groups excluding carboxylic acids is 2. The summed E-state index contributed by atoms with van der Waals surface area (Å²) < 4.78 is 12.0. The zero-order valence-corrected chi connectivity index (χ0v) is 27.1. The van der Waals surface area contributed by atoms with Gasteiger partial charge in [-0.05, 0) is 73.7 Å². The number of benzene rings is 3. The van der Waals surface area contributed by atoms with E-state index in [9.17, 15) is 9.59 Å². The first kappa shape index (κ1) is 34.3. The molecule has 0 aliphatic carbocycles. The third-order valence-electron chi connectivity index (χ3n) is 6.10. The lowest BCUT2D eigenvalue weighted by atomic mass is 10.0. The summed E-state index contributed by atoms with van der Waals surface area (Å²) >= 11 is 24.5. The highest BCUT2D eigenvalue weighted by Crippen LogP contribution is 2.35. The second-order valence-corrected chi connectivity index (χ2v) is 11.7. The number of hydrogen-bond acceptors (Lipinski definition) is 5. The minimum atomic E-state index is -0.845. The summed E-state index contributed by atoms with van der Waals surface area (Å²) in [4.78, 5) is 25.9. The number of rotatable bonds is 14. The van der Waals surface area contributed by atoms with E-state index >= 15 is 0 Å². The van der Waals surface area contributed by atoms with Crippen molar-refractivity contribution in [3.05, 3.63) is 104 Å². The fourth-order valence-corrected chi connectivity index (χ4v) is 5.10. The van der Waals surface area contributed by atoms with Crippen molar-refractivity contribution in [1.29, 1.82) is 0 Å². The van der Waals surface area contributed by atoms with Gasteiger partial charge in [-0.3, -0.25) is 9.59 Å². The minimum Gasteiger partial charge on any atom is -0.490 e. The fraction of sp³-hybridized carbons (Fsp3) is 0.281. The molecule has 0 saturated carbocycles. The molecule has 0 aliphatic heterocycles. The molecule has 228 valence electrons. The number of nitrogens with one attached hydrogen (secondary N) is 2. The Morgan fingerprint density at radius 1 is 0.953 bits per heavy atom. The molecule has 3 aromatic rings. The number of ether oxygens (including phenoxy) is 2. The first-order valence-electron chi connectivity index (χ1n) is 13.6. The maximum absolute atomic E-state index is 13.1. The van der Waals surface area contributed by atoms with E-state index in [-0.39, 0.29) is 23.1 Å². The van der Waals surface area contributed by atoms with Crippen LogP contribution in [0.1, 0.15) is 54.2 Å². The Morgan fingerprint density at radius 3 is 2.28 bits per heavy atom. The van der Waals surface area contributed by atoms with Crippen molar-refractivity contribution in [1.82, 2.24) is 10.7 Å². The summed E-state index contributed by atoms with van der Waals surface area (Å²) in [7, 11) is 0. The zero-order valence-electron chi connectivity index (χ0n) is 24.1. The van der Waals surface area contributed by atoms with E-state index in [0.29, 0.717) is 51.6 Å². The van der Waals surface area contributed by atoms with Gasteiger partial charge < -0.3 is 14.8 Å². The van der Waals surface area contributed by atoms with Gasteiger partial charge in [0.1, 0.15) is 12.6 Å². The molecule has 2 amide bonds. The van der Waals surface area contributed by atoms with Crippen molar-refractivity contribution < 1.29 is 19.1 Å². The van der Waals surface area contributed by atoms with Crippen LogP contribution in [0.15, 0.2) is 66.3 Å². The van der Waals surface area contributed by atoms with Crippen LogP contribution >= 0.6 is 46.4 Å². The van der Waals surface area contributed by atoms with Gasteiger partial charge in [0.05, 0.1) is 23.4 Å². The molecule has 0 unspecified atom stereocenters. The van der Waals surface area contributed by atoms with Gasteiger partial charge in [-0.15, -0.1) is 6.58 Å². The lowest BCUT2D eigenvalue weighted by molar-refractivity contribution is -0.123. The minimum absolute atomic E-state index is 0.117. The normalized spacial score (nSPS) is 11.8. The highest BCUT2D eigenvalue weighted by atomic mass is 35.5. The Labute approximate surface area is 272 Å². The molecule has 3 rings (SSSR count). The third kappa shape index (κ3) is 10.2. The summed E-state index contributed by atoms with van der Waals surface area (Å²) in [5.41, 5.74) is 5.00. The average Bonchev–Trinajstić information content (AvgIpc) is 2.93. The molecule has 2 N–H and O–H groups in total. The third-order valence-corrected chi connectivity index (χ3v) is 7.23. The molecule has 0 heterocycles. The number of halogens is 4. The maximum Gasteiger partial charge on any atom is 0.262 e. The van der Waals surface area contributed by atoms with Crippen LogP contribution in [0.2, 0.25) is 20.1 Å². The number of nitrogens with zero attached hydrogens (tertiary/aromatic N) is 1. The Hall–Kier alpha value is -3.23. The standard InChI is InChI=1S/C32H33Cl4N3O4/c1-5-7-21-13-20(14-29(42-6-2)30(21)43-18-22-8-9-23(33)15-26(22)35)17-37-39-32(41)28(12-19(3)4)38-31(40)25-11-10-24(34)16-27(25)36/h5,8-11,13-17,19,28H,1,6-7,12,18H2,2-4H3,(H,38,40)(H,39,41)/b37-17-/t28-/m0/s1. The van der Waals surface area contributed by atoms with E-state index in [1.807, 2.05) is 26.8 Å². The monoisotopic (exact) mass is 663 g/mol. The number of hydrazone groups is 1. The topological polar surface area (TPSA) is 89.0 Å². The van der Waals surface area contributed by atoms with Crippen molar-refractivity contribution in [2.24, 2.45) is 11.0 Å². The molecule has 0 bridgehead atoms. The molecule has 0 aliphatic rings. The van der Waals surface area contributed by atoms with Crippen molar-refractivity contribution >= 4 is 64.4 Å². The van der Waals surface area contributed by atoms with Crippen molar-refractivity contribution in [3.8, 4) is 11.5 Å². The first-order valence-corrected chi connectivity index (χ1v) is 15.1. The van der Waals surface area contributed by atoms with Gasteiger partial charge in [0.25, 0.3) is 11.8 Å². The van der Waals surface area contributed by atoms with Gasteiger partial charge in [0.15, 0.2) is 11.5 Å². The first-order chi connectivity index (χ1) is 20.5. The molecule has 0 aromatic heterocycles. The summed E-state index contributed by atoms with van der Waals surface area (Å²) in [6.45, 7) is 10.2. The highest BCUT2D eigenvalue weighted by Gasteiger charge is 2.23. The Morgan fingerprint density at radius 2 is 1.65 bits per heavy atom. The zero-order chi connectivity index (χ0) is 31.5. The average molecular weight is 665 g/mol. The molecule has 1 atom stereocenters. The summed E-state index contributed by atoms with van der Waals surface area (Å²) in [5.74, 6) is 0.210. The molecule has 0 radical (unpaired) electrons. The summed E-state index contributed by atoms with van der Waals surface area (Å²) in [6.07, 6.45) is 4.13. The second-order valence-electron chi connectivity index (χ2n) is 9.97. The van der Waals surface area contributed by atoms with Gasteiger partial charge in [0.2, 0.25) is 0 Å². The second kappa shape index (κ2) is 16.6. The van der Waals surface area contributed by atoms with Gasteiger partial charge in [-0.2, -0.15) is 5.10 Å². The van der Waals surface area contributed by atoms with Crippen LogP contribution < -0.4 is 20.2 Å². The van der Waals surface area contributed by atoms with E-state index in [4.69, 9.17) is 55.9 Å². The van der Waals surface area contributed by atoms with Crippen molar-refractivity contribution in [2.75, 3.05) is 6.61 Å². The number of amides is 2. The smallest absolute Gasteiger partial charge is 0.262 e. The van der Waals surface area contributed by atoms with E-state index in [2.05, 4.69) is 22.4 Å². The van der Waals surface area contributed by atoms with Crippen LogP contribution in [0.4, 0.5) is 0 Å². The maximum atomic E-state index is 13.1. The number of hydrogen-bond donors (Lipinski definition) is 2. The van der Waals surface area contributed by atoms with Gasteiger partial charge in [0, 0.05) is 26.2 Å². The molecule has 11 heteroatoms. The lowest BCUT2D eigenvalue weighted by Crippen LogP contribution is -2.46. The van der Waals surface area contributed by atoms with E-state index in [0.717, 1.165) is 11.1 Å². The lowest BCUT2D eigenvalue weighted by Gasteiger charge is -2.19. The highest BCUT2D eigenvalue weighted by molar-refractivity contribution is 6.37. The van der Waals surface area contributed by atoms with Crippen LogP contribution in [0.3, 0.4) is 0 Å². The molecule has 0 fully saturated rings. The Balaban J connectivity index is 1.79. The van der Waals surface area contributed by atoms with Gasteiger partial charge in [-0.1, -0.05) is 72.4 Å². The Bertz CT molecular complexity index is 1490. The molecule has 0 saturated heterocycles. The summed E-state index contributed by atoms with van der Waals surface area (Å²) in [6, 6.07) is 12.5. The largest absolute Gasteiger partial charge is 0.490 e. The fourth-order valence-electron chi connectivity index (χ4n) is 4.14. The van der Waals surface area contributed by atoms with Crippen LogP contribution in [0, 0.1) is 5.92 Å². The van der Waals surface area contributed by atoms with Gasteiger partial charge in [-0.25, -0.2) is 5.43 Å². The Kier molecular flexibility index (Phi) is 13.2. The molecule has 0 spiro atoms. The van der Waals surface area contributed by atoms with Crippen molar-refractivity contribution in [3.63, 3.8) is 0 Å². The SMILES string of the molecule is C=CCc1cc(/C=N\NC(=O)[C@H](CC(C)C)NC(=O)c2ccc(Cl)cc2Cl)cc(OCC)c1OCc1ccc(Cl)cc1Cl. The van der Waals surface area contributed by atoms with E-state index in [1.54, 1.807) is 36.4 Å². The van der Waals surface area contributed by atoms with E-state index in [1.165, 1.54) is 18.3 Å². The molecular formula is C32H33Cl4N3O4. The van der Waals surface area contributed by atoms with Crippen LogP contribution in [0.5, 0.6) is 11.5 Å². The quantitative estimate of drug-likeness (QED) is 0.103. The molecule has 43 heavy (non-hydrogen) atoms. The van der Waals surface area contributed by atoms with Crippen LogP contribution in [-0.4, -0.2) is 30.7 Å². The molecular weight excluding hydrogens is 632 g/mol. The predicted octanol–water partition coefficient (Wildman–Crippen LogP) is 8.30.